The number of halogens is 4. The van der Waals surface area contributed by atoms with Gasteiger partial charge >= 0.3 is 5.97 Å². The second-order valence-electron chi connectivity index (χ2n) is 19.3. The van der Waals surface area contributed by atoms with Crippen LogP contribution >= 0.6 is 0 Å². The summed E-state index contributed by atoms with van der Waals surface area (Å²) in [5.74, 6) is -8.14. The molecule has 0 aliphatic carbocycles. The summed E-state index contributed by atoms with van der Waals surface area (Å²) in [4.78, 5) is 37.3. The number of carbonyl (C=O) groups is 2. The van der Waals surface area contributed by atoms with Gasteiger partial charge < -0.3 is 73.4 Å². The van der Waals surface area contributed by atoms with E-state index in [0.717, 1.165) is 34.4 Å². The SMILES string of the molecule is CCCN(CCC)C(=O)C1=Cc2ccc(-c3cccc(S(=O)N4CC(CN=C(NCC)NCCOCCOCCOCCOCCOCCOCCOCCOCCOCCOCCC(=O)Oc5c(F)c(F)cc(F)c5F)C4)c3)cc2N=C(N)C1. The molecular weight excluding hydrogens is 1140 g/mol. The Morgan fingerprint density at radius 3 is 1.66 bits per heavy atom. The number of hydrogen-bond acceptors (Lipinski definition) is 17. The summed E-state index contributed by atoms with van der Waals surface area (Å²) in [5, 5.41) is 6.60. The molecule has 0 bridgehead atoms. The fourth-order valence-corrected chi connectivity index (χ4v) is 9.73. The minimum absolute atomic E-state index is 0.00193. The number of carbonyl (C=O) groups excluding carboxylic acids is 2. The lowest BCUT2D eigenvalue weighted by Crippen LogP contribution is -2.49. The van der Waals surface area contributed by atoms with Crippen molar-refractivity contribution in [1.29, 1.82) is 0 Å². The highest BCUT2D eigenvalue weighted by atomic mass is 32.2. The molecule has 0 spiro atoms. The Kier molecular flexibility index (Phi) is 34.4. The number of fused-ring (bicyclic) bond motifs is 1. The van der Waals surface area contributed by atoms with E-state index >= 15 is 0 Å². The molecule has 3 aromatic rings. The van der Waals surface area contributed by atoms with Crippen molar-refractivity contribution in [3.05, 3.63) is 82.9 Å². The molecule has 3 aromatic carbocycles. The monoisotopic (exact) mass is 1220 g/mol. The van der Waals surface area contributed by atoms with Crippen molar-refractivity contribution in [3.63, 3.8) is 0 Å². The molecule has 2 aliphatic rings. The van der Waals surface area contributed by atoms with Crippen LogP contribution in [0.15, 0.2) is 69.0 Å². The first kappa shape index (κ1) is 70.3. The third-order valence-corrected chi connectivity index (χ3v) is 14.0. The van der Waals surface area contributed by atoms with E-state index in [1.807, 2.05) is 64.7 Å². The van der Waals surface area contributed by atoms with Crippen LogP contribution in [0.1, 0.15) is 52.0 Å². The summed E-state index contributed by atoms with van der Waals surface area (Å²) in [5.41, 5.74) is 10.4. The maximum absolute atomic E-state index is 13.7. The molecule has 474 valence electrons. The molecule has 2 aliphatic heterocycles. The lowest BCUT2D eigenvalue weighted by Gasteiger charge is -2.37. The van der Waals surface area contributed by atoms with Crippen LogP contribution in [0.3, 0.4) is 0 Å². The quantitative estimate of drug-likeness (QED) is 0.0112. The van der Waals surface area contributed by atoms with E-state index in [2.05, 4.69) is 34.2 Å². The summed E-state index contributed by atoms with van der Waals surface area (Å²) in [6.45, 7) is 17.9. The van der Waals surface area contributed by atoms with Crippen molar-refractivity contribution in [1.82, 2.24) is 19.8 Å². The van der Waals surface area contributed by atoms with Gasteiger partial charge in [0.25, 0.3) is 0 Å². The molecule has 0 saturated carbocycles. The second kappa shape index (κ2) is 41.6. The van der Waals surface area contributed by atoms with Crippen molar-refractivity contribution in [2.75, 3.05) is 178 Å². The van der Waals surface area contributed by atoms with Crippen LogP contribution in [0, 0.1) is 29.2 Å². The zero-order chi connectivity index (χ0) is 60.9. The third kappa shape index (κ3) is 26.6. The van der Waals surface area contributed by atoms with Gasteiger partial charge in [-0.05, 0) is 55.2 Å². The topological polar surface area (TPSA) is 234 Å². The summed E-state index contributed by atoms with van der Waals surface area (Å²) in [6.07, 6.45) is 3.57. The first-order valence-corrected chi connectivity index (χ1v) is 30.1. The second-order valence-corrected chi connectivity index (χ2v) is 20.8. The average molecular weight is 1220 g/mol. The summed E-state index contributed by atoms with van der Waals surface area (Å²) in [6, 6.07) is 13.7. The predicted octanol–water partition coefficient (Wildman–Crippen LogP) is 6.01. The number of amides is 1. The van der Waals surface area contributed by atoms with Crippen molar-refractivity contribution in [3.8, 4) is 16.9 Å². The van der Waals surface area contributed by atoms with E-state index in [1.54, 1.807) is 0 Å². The van der Waals surface area contributed by atoms with Crippen LogP contribution in [-0.4, -0.2) is 215 Å². The molecular formula is C59H85F4N7O14S. The Balaban J connectivity index is 0.769. The third-order valence-electron chi connectivity index (χ3n) is 12.5. The van der Waals surface area contributed by atoms with Crippen LogP contribution in [0.4, 0.5) is 23.2 Å². The molecule has 0 radical (unpaired) electrons. The van der Waals surface area contributed by atoms with Crippen molar-refractivity contribution in [2.45, 2.75) is 51.3 Å². The Labute approximate surface area is 498 Å². The zero-order valence-corrected chi connectivity index (χ0v) is 50.0. The first-order chi connectivity index (χ1) is 41.4. The molecule has 0 aromatic heterocycles. The van der Waals surface area contributed by atoms with Gasteiger partial charge in [-0.1, -0.05) is 38.1 Å². The standard InChI is InChI=1S/C59H85F4N7O14S/c1-4-14-69(15-5-2)58(72)48-36-47-11-10-46(38-52(47)68-53(64)39-48)45-8-7-9-49(37-45)85(73)70-42-44(43-70)41-67-59(65-6-3)66-13-17-75-19-21-77-23-25-79-27-29-81-31-33-83-35-34-82-32-30-80-28-26-78-24-22-76-20-18-74-16-12-54(71)84-57-55(62)50(60)40-51(61)56(57)63/h7-11,36-38,40,44H,4-6,12-35,39,41-43H2,1-3H3,(H2,64,68)(H2,65,66,67). The molecule has 5 rings (SSSR count). The molecule has 1 atom stereocenters. The van der Waals surface area contributed by atoms with Crippen LogP contribution < -0.4 is 21.1 Å². The van der Waals surface area contributed by atoms with E-state index in [4.69, 9.17) is 58.1 Å². The summed E-state index contributed by atoms with van der Waals surface area (Å²) >= 11 is 0. The van der Waals surface area contributed by atoms with Gasteiger partial charge in [0.2, 0.25) is 23.3 Å². The Morgan fingerprint density at radius 1 is 0.659 bits per heavy atom. The van der Waals surface area contributed by atoms with Gasteiger partial charge in [0.1, 0.15) is 16.8 Å². The molecule has 1 fully saturated rings. The summed E-state index contributed by atoms with van der Waals surface area (Å²) < 4.78 is 129. The highest BCUT2D eigenvalue weighted by Crippen LogP contribution is 2.34. The normalized spacial score (nSPS) is 14.1. The minimum Gasteiger partial charge on any atom is -0.420 e. The van der Waals surface area contributed by atoms with E-state index < -0.39 is 52.4 Å². The van der Waals surface area contributed by atoms with E-state index in [9.17, 15) is 31.4 Å². The van der Waals surface area contributed by atoms with Crippen LogP contribution in [0.5, 0.6) is 5.75 Å². The highest BCUT2D eigenvalue weighted by Gasteiger charge is 2.32. The number of amidine groups is 1. The number of nitrogens with zero attached hydrogens (tertiary/aromatic N) is 4. The van der Waals surface area contributed by atoms with Crippen LogP contribution in [0.2, 0.25) is 0 Å². The van der Waals surface area contributed by atoms with Crippen molar-refractivity contribution >= 4 is 46.4 Å². The number of ether oxygens (including phenoxy) is 11. The Bertz CT molecular complexity index is 2550. The van der Waals surface area contributed by atoms with Gasteiger partial charge in [-0.25, -0.2) is 22.3 Å². The predicted molar refractivity (Wildman–Crippen MR) is 313 cm³/mol. The molecule has 21 nitrogen and oxygen atoms in total. The number of benzene rings is 3. The van der Waals surface area contributed by atoms with Gasteiger partial charge in [-0.2, -0.15) is 8.78 Å². The Hall–Kier alpha value is -5.49. The van der Waals surface area contributed by atoms with Crippen molar-refractivity contribution < 1.29 is 83.5 Å². The molecule has 4 N–H and O–H groups in total. The molecule has 1 unspecified atom stereocenters. The average Bonchev–Trinajstić information content (AvgIpc) is 3.38. The number of rotatable bonds is 45. The van der Waals surface area contributed by atoms with E-state index in [1.165, 1.54) is 0 Å². The number of nitrogens with one attached hydrogen (secondary N) is 2. The molecule has 1 saturated heterocycles. The fraction of sp³-hybridized carbons (Fsp3) is 0.593. The number of aliphatic imine (C=N–C) groups is 2. The number of hydrogen-bond donors (Lipinski definition) is 3. The van der Waals surface area contributed by atoms with Crippen molar-refractivity contribution in [2.24, 2.45) is 21.6 Å². The van der Waals surface area contributed by atoms with E-state index in [0.29, 0.717) is 181 Å². The lowest BCUT2D eigenvalue weighted by atomic mass is 10.0. The first-order valence-electron chi connectivity index (χ1n) is 29.0. The molecule has 1 amide bonds. The van der Waals surface area contributed by atoms with Crippen LogP contribution in [-0.2, 0) is 67.9 Å². The van der Waals surface area contributed by atoms with E-state index in [-0.39, 0.29) is 44.3 Å². The highest BCUT2D eigenvalue weighted by molar-refractivity contribution is 7.82. The maximum atomic E-state index is 13.7. The maximum Gasteiger partial charge on any atom is 0.313 e. The van der Waals surface area contributed by atoms with Gasteiger partial charge in [-0.3, -0.25) is 14.6 Å². The van der Waals surface area contributed by atoms with Gasteiger partial charge in [0, 0.05) is 75.4 Å². The molecule has 85 heavy (non-hydrogen) atoms. The zero-order valence-electron chi connectivity index (χ0n) is 49.2. The van der Waals surface area contributed by atoms with Gasteiger partial charge in [0.15, 0.2) is 17.6 Å². The molecule has 26 heteroatoms. The smallest absolute Gasteiger partial charge is 0.313 e. The Morgan fingerprint density at radius 2 is 1.15 bits per heavy atom. The largest absolute Gasteiger partial charge is 0.420 e. The number of nitrogens with two attached hydrogens (primary N) is 1. The minimum atomic E-state index is -1.80. The van der Waals surface area contributed by atoms with Gasteiger partial charge in [0.05, 0.1) is 149 Å². The summed E-state index contributed by atoms with van der Waals surface area (Å²) in [7, 11) is -1.33. The molecule has 2 heterocycles. The number of guanidine groups is 1. The lowest BCUT2D eigenvalue weighted by molar-refractivity contribution is -0.136. The fourth-order valence-electron chi connectivity index (χ4n) is 8.32. The van der Waals surface area contributed by atoms with Crippen LogP contribution in [0.25, 0.3) is 17.2 Å². The van der Waals surface area contributed by atoms with Gasteiger partial charge in [-0.15, -0.1) is 0 Å². The number of esters is 1.